The zero-order valence-electron chi connectivity index (χ0n) is 10.9. The Labute approximate surface area is 136 Å². The summed E-state index contributed by atoms with van der Waals surface area (Å²) in [5, 5.41) is 8.91. The van der Waals surface area contributed by atoms with E-state index in [1.165, 1.54) is 18.2 Å². The number of nitrogens with zero attached hydrogens (tertiary/aromatic N) is 1. The Kier molecular flexibility index (Phi) is 4.57. The van der Waals surface area contributed by atoms with Crippen LogP contribution in [0.15, 0.2) is 45.8 Å². The molecule has 0 saturated carbocycles. The topological polar surface area (TPSA) is 70.0 Å². The summed E-state index contributed by atoms with van der Waals surface area (Å²) < 4.78 is 27.9. The molecule has 21 heavy (non-hydrogen) atoms. The summed E-state index contributed by atoms with van der Waals surface area (Å²) in [6.07, 6.45) is 0. The molecule has 4 nitrogen and oxygen atoms in total. The number of nitrogens with one attached hydrogen (secondary N) is 1. The van der Waals surface area contributed by atoms with E-state index in [4.69, 9.17) is 16.9 Å². The van der Waals surface area contributed by atoms with Crippen LogP contribution in [0.5, 0.6) is 0 Å². The maximum Gasteiger partial charge on any atom is 0.261 e. The number of halogens is 2. The van der Waals surface area contributed by atoms with Crippen LogP contribution >= 0.6 is 27.5 Å². The van der Waals surface area contributed by atoms with Gasteiger partial charge in [0.05, 0.1) is 21.2 Å². The van der Waals surface area contributed by atoms with Crippen LogP contribution in [0.25, 0.3) is 0 Å². The van der Waals surface area contributed by atoms with Crippen molar-refractivity contribution in [3.8, 4) is 6.07 Å². The monoisotopic (exact) mass is 384 g/mol. The molecule has 108 valence electrons. The first-order valence-electron chi connectivity index (χ1n) is 5.83. The molecule has 2 aromatic rings. The average Bonchev–Trinajstić information content (AvgIpc) is 2.43. The van der Waals surface area contributed by atoms with Gasteiger partial charge in [0.2, 0.25) is 0 Å². The molecule has 0 aliphatic carbocycles. The van der Waals surface area contributed by atoms with Gasteiger partial charge < -0.3 is 0 Å². The van der Waals surface area contributed by atoms with Crippen molar-refractivity contribution in [1.29, 1.82) is 5.26 Å². The normalized spacial score (nSPS) is 11.0. The van der Waals surface area contributed by atoms with E-state index in [0.29, 0.717) is 10.2 Å². The van der Waals surface area contributed by atoms with Crippen LogP contribution in [0.3, 0.4) is 0 Å². The van der Waals surface area contributed by atoms with Crippen LogP contribution in [0.2, 0.25) is 5.02 Å². The highest BCUT2D eigenvalue weighted by Crippen LogP contribution is 2.28. The van der Waals surface area contributed by atoms with Crippen LogP contribution in [-0.2, 0) is 10.0 Å². The number of anilines is 1. The molecule has 0 fully saturated rings. The lowest BCUT2D eigenvalue weighted by molar-refractivity contribution is 0.601. The number of sulfonamides is 1. The molecule has 0 unspecified atom stereocenters. The molecule has 2 rings (SSSR count). The van der Waals surface area contributed by atoms with Crippen LogP contribution in [0.1, 0.15) is 11.1 Å². The van der Waals surface area contributed by atoms with Crippen molar-refractivity contribution in [3.63, 3.8) is 0 Å². The SMILES string of the molecule is Cc1cccc(NS(=O)(=O)c2ccc(C#N)c(Cl)c2)c1Br. The third-order valence-electron chi connectivity index (χ3n) is 2.81. The molecular formula is C14H10BrClN2O2S. The molecule has 0 atom stereocenters. The lowest BCUT2D eigenvalue weighted by Gasteiger charge is -2.11. The third kappa shape index (κ3) is 3.38. The summed E-state index contributed by atoms with van der Waals surface area (Å²) in [5.41, 5.74) is 1.58. The van der Waals surface area contributed by atoms with Gasteiger partial charge in [-0.3, -0.25) is 4.72 Å². The van der Waals surface area contributed by atoms with Crippen molar-refractivity contribution in [1.82, 2.24) is 0 Å². The first kappa shape index (κ1) is 15.8. The van der Waals surface area contributed by atoms with E-state index < -0.39 is 10.0 Å². The smallest absolute Gasteiger partial charge is 0.261 e. The van der Waals surface area contributed by atoms with E-state index in [2.05, 4.69) is 20.7 Å². The Morgan fingerprint density at radius 3 is 2.62 bits per heavy atom. The fraction of sp³-hybridized carbons (Fsp3) is 0.0714. The number of rotatable bonds is 3. The Balaban J connectivity index is 2.41. The van der Waals surface area contributed by atoms with Crippen LogP contribution in [-0.4, -0.2) is 8.42 Å². The second-order valence-electron chi connectivity index (χ2n) is 4.30. The minimum Gasteiger partial charge on any atom is -0.278 e. The van der Waals surface area contributed by atoms with E-state index in [1.54, 1.807) is 12.1 Å². The minimum absolute atomic E-state index is 0.0000869. The Morgan fingerprint density at radius 2 is 2.00 bits per heavy atom. The number of nitriles is 1. The van der Waals surface area contributed by atoms with Crippen molar-refractivity contribution < 1.29 is 8.42 Å². The highest BCUT2D eigenvalue weighted by molar-refractivity contribution is 9.10. The van der Waals surface area contributed by atoms with Crippen molar-refractivity contribution >= 4 is 43.2 Å². The molecule has 1 N–H and O–H groups in total. The Bertz CT molecular complexity index is 845. The molecule has 0 spiro atoms. The predicted octanol–water partition coefficient (Wildman–Crippen LogP) is 4.08. The van der Waals surface area contributed by atoms with Crippen molar-refractivity contribution in [2.45, 2.75) is 11.8 Å². The van der Waals surface area contributed by atoms with E-state index in [0.717, 1.165) is 5.56 Å². The van der Waals surface area contributed by atoms with E-state index >= 15 is 0 Å². The molecular weight excluding hydrogens is 376 g/mol. The van der Waals surface area contributed by atoms with Gasteiger partial charge in [-0.25, -0.2) is 8.42 Å². The number of benzene rings is 2. The van der Waals surface area contributed by atoms with Crippen LogP contribution < -0.4 is 4.72 Å². The van der Waals surface area contributed by atoms with Gasteiger partial charge in [-0.1, -0.05) is 23.7 Å². The number of hydrogen-bond acceptors (Lipinski definition) is 3. The van der Waals surface area contributed by atoms with Crippen molar-refractivity contribution in [3.05, 3.63) is 57.0 Å². The molecule has 0 aromatic heterocycles. The number of aryl methyl sites for hydroxylation is 1. The third-order valence-corrected chi connectivity index (χ3v) is 5.54. The molecule has 0 bridgehead atoms. The summed E-state index contributed by atoms with van der Waals surface area (Å²) in [5.74, 6) is 0. The van der Waals surface area contributed by atoms with Gasteiger partial charge in [0.1, 0.15) is 6.07 Å². The summed E-state index contributed by atoms with van der Waals surface area (Å²) in [6.45, 7) is 1.86. The first-order chi connectivity index (χ1) is 9.85. The minimum atomic E-state index is -3.77. The van der Waals surface area contributed by atoms with Gasteiger partial charge in [0, 0.05) is 4.47 Å². The fourth-order valence-electron chi connectivity index (χ4n) is 1.68. The molecule has 0 heterocycles. The molecule has 7 heteroatoms. The second kappa shape index (κ2) is 6.06. The highest BCUT2D eigenvalue weighted by atomic mass is 79.9. The first-order valence-corrected chi connectivity index (χ1v) is 8.48. The molecule has 0 aliphatic rings. The quantitative estimate of drug-likeness (QED) is 0.865. The molecule has 2 aromatic carbocycles. The zero-order valence-corrected chi connectivity index (χ0v) is 14.1. The Hall–Kier alpha value is -1.55. The van der Waals surface area contributed by atoms with E-state index in [9.17, 15) is 8.42 Å². The average molecular weight is 386 g/mol. The lowest BCUT2D eigenvalue weighted by atomic mass is 10.2. The summed E-state index contributed by atoms with van der Waals surface area (Å²) >= 11 is 9.22. The molecule has 0 radical (unpaired) electrons. The van der Waals surface area contributed by atoms with E-state index in [1.807, 2.05) is 19.1 Å². The summed E-state index contributed by atoms with van der Waals surface area (Å²) in [6, 6.07) is 11.1. The standard InChI is InChI=1S/C14H10BrClN2O2S/c1-9-3-2-4-13(14(9)15)18-21(19,20)11-6-5-10(8-17)12(16)7-11/h2-7,18H,1H3. The van der Waals surface area contributed by atoms with Gasteiger partial charge in [-0.2, -0.15) is 5.26 Å². The largest absolute Gasteiger partial charge is 0.278 e. The van der Waals surface area contributed by atoms with Gasteiger partial charge in [-0.05, 0) is 52.7 Å². The van der Waals surface area contributed by atoms with Crippen LogP contribution in [0.4, 0.5) is 5.69 Å². The Morgan fingerprint density at radius 1 is 1.29 bits per heavy atom. The predicted molar refractivity (Wildman–Crippen MR) is 85.9 cm³/mol. The molecule has 0 aliphatic heterocycles. The van der Waals surface area contributed by atoms with Gasteiger partial charge >= 0.3 is 0 Å². The molecule has 0 amide bonds. The number of hydrogen-bond donors (Lipinski definition) is 1. The summed E-state index contributed by atoms with van der Waals surface area (Å²) in [7, 11) is -3.77. The maximum absolute atomic E-state index is 12.3. The summed E-state index contributed by atoms with van der Waals surface area (Å²) in [4.78, 5) is -0.0000869. The van der Waals surface area contributed by atoms with Gasteiger partial charge in [0.25, 0.3) is 10.0 Å². The zero-order chi connectivity index (χ0) is 15.6. The second-order valence-corrected chi connectivity index (χ2v) is 7.18. The van der Waals surface area contributed by atoms with Gasteiger partial charge in [0.15, 0.2) is 0 Å². The molecule has 0 saturated heterocycles. The van der Waals surface area contributed by atoms with Crippen LogP contribution in [0, 0.1) is 18.3 Å². The maximum atomic E-state index is 12.3. The van der Waals surface area contributed by atoms with Gasteiger partial charge in [-0.15, -0.1) is 0 Å². The fourth-order valence-corrected chi connectivity index (χ4v) is 3.56. The van der Waals surface area contributed by atoms with E-state index in [-0.39, 0.29) is 15.5 Å². The van der Waals surface area contributed by atoms with Crippen molar-refractivity contribution in [2.75, 3.05) is 4.72 Å². The van der Waals surface area contributed by atoms with Crippen molar-refractivity contribution in [2.24, 2.45) is 0 Å². The lowest BCUT2D eigenvalue weighted by Crippen LogP contribution is -2.13. The highest BCUT2D eigenvalue weighted by Gasteiger charge is 2.17.